The second kappa shape index (κ2) is 11.0. The summed E-state index contributed by atoms with van der Waals surface area (Å²) in [5, 5.41) is 0. The lowest BCUT2D eigenvalue weighted by Gasteiger charge is -2.24. The number of benzene rings is 2. The summed E-state index contributed by atoms with van der Waals surface area (Å²) in [5.41, 5.74) is 1.83. The van der Waals surface area contributed by atoms with Crippen molar-refractivity contribution in [2.75, 3.05) is 13.7 Å². The van der Waals surface area contributed by atoms with Gasteiger partial charge in [0.25, 0.3) is 5.56 Å². The van der Waals surface area contributed by atoms with Gasteiger partial charge in [0.1, 0.15) is 11.5 Å². The first kappa shape index (κ1) is 25.9. The van der Waals surface area contributed by atoms with Crippen LogP contribution in [0.15, 0.2) is 92.4 Å². The number of methoxy groups -OCH3 is 1. The summed E-state index contributed by atoms with van der Waals surface area (Å²) in [6.45, 7) is 3.65. The van der Waals surface area contributed by atoms with Gasteiger partial charge in [0.15, 0.2) is 4.80 Å². The highest BCUT2D eigenvalue weighted by Gasteiger charge is 2.33. The maximum Gasteiger partial charge on any atom is 0.379 e. The number of ether oxygens (including phenoxy) is 3. The van der Waals surface area contributed by atoms with Crippen molar-refractivity contribution in [3.05, 3.63) is 115 Å². The van der Waals surface area contributed by atoms with Crippen LogP contribution in [0, 0.1) is 0 Å². The van der Waals surface area contributed by atoms with Gasteiger partial charge in [-0.1, -0.05) is 35.6 Å². The Hall–Kier alpha value is -4.70. The van der Waals surface area contributed by atoms with E-state index in [0.29, 0.717) is 43.2 Å². The molecule has 5 rings (SSSR count). The van der Waals surface area contributed by atoms with Gasteiger partial charge >= 0.3 is 11.9 Å². The Bertz CT molecular complexity index is 1750. The molecule has 9 nitrogen and oxygen atoms in total. The van der Waals surface area contributed by atoms with Crippen molar-refractivity contribution in [1.29, 1.82) is 0 Å². The molecule has 1 aliphatic rings. The molecule has 0 radical (unpaired) electrons. The van der Waals surface area contributed by atoms with Gasteiger partial charge in [0.05, 0.1) is 41.8 Å². The fourth-order valence-corrected chi connectivity index (χ4v) is 5.31. The molecule has 198 valence electrons. The highest BCUT2D eigenvalue weighted by molar-refractivity contribution is 7.07. The molecule has 0 amide bonds. The fourth-order valence-electron chi connectivity index (χ4n) is 4.26. The summed E-state index contributed by atoms with van der Waals surface area (Å²) in [7, 11) is 1.57. The Balaban J connectivity index is 1.58. The average Bonchev–Trinajstić information content (AvgIpc) is 3.57. The molecular weight excluding hydrogens is 520 g/mol. The Morgan fingerprint density at radius 3 is 2.56 bits per heavy atom. The van der Waals surface area contributed by atoms with Crippen molar-refractivity contribution in [2.24, 2.45) is 4.99 Å². The Labute approximate surface area is 226 Å². The van der Waals surface area contributed by atoms with Gasteiger partial charge in [-0.2, -0.15) is 0 Å². The molecule has 0 bridgehead atoms. The van der Waals surface area contributed by atoms with Gasteiger partial charge in [0.2, 0.25) is 5.76 Å². The van der Waals surface area contributed by atoms with E-state index in [2.05, 4.69) is 4.99 Å². The van der Waals surface area contributed by atoms with E-state index in [-0.39, 0.29) is 17.9 Å². The van der Waals surface area contributed by atoms with E-state index < -0.39 is 18.0 Å². The first-order valence-electron chi connectivity index (χ1n) is 12.1. The number of thiazole rings is 1. The van der Waals surface area contributed by atoms with E-state index in [1.165, 1.54) is 28.2 Å². The molecule has 39 heavy (non-hydrogen) atoms. The maximum absolute atomic E-state index is 13.8. The SMILES string of the molecule is CCOC(=O)C1=C(C)N=c2sc(=Cc3cccc(OC(=O)c4ccco4)c3)c(=O)n2[C@@H]1c1ccc(OC)cc1. The van der Waals surface area contributed by atoms with Crippen LogP contribution in [0.5, 0.6) is 11.5 Å². The number of esters is 2. The van der Waals surface area contributed by atoms with Crippen LogP contribution in [0.3, 0.4) is 0 Å². The number of carbonyl (C=O) groups excluding carboxylic acids is 2. The lowest BCUT2D eigenvalue weighted by molar-refractivity contribution is -0.139. The van der Waals surface area contributed by atoms with Crippen LogP contribution in [-0.4, -0.2) is 30.2 Å². The molecule has 0 N–H and O–H groups in total. The van der Waals surface area contributed by atoms with Crippen molar-refractivity contribution >= 4 is 29.4 Å². The van der Waals surface area contributed by atoms with Crippen LogP contribution in [0.25, 0.3) is 6.08 Å². The summed E-state index contributed by atoms with van der Waals surface area (Å²) in [6, 6.07) is 16.4. The summed E-state index contributed by atoms with van der Waals surface area (Å²) in [5.74, 6) is -0.121. The minimum absolute atomic E-state index is 0.0834. The second-order valence-electron chi connectivity index (χ2n) is 8.51. The Morgan fingerprint density at radius 1 is 1.08 bits per heavy atom. The first-order chi connectivity index (χ1) is 18.9. The average molecular weight is 545 g/mol. The van der Waals surface area contributed by atoms with Crippen LogP contribution >= 0.6 is 11.3 Å². The predicted octanol–water partition coefficient (Wildman–Crippen LogP) is 3.62. The molecule has 1 aliphatic heterocycles. The molecule has 0 saturated heterocycles. The lowest BCUT2D eigenvalue weighted by Crippen LogP contribution is -2.39. The largest absolute Gasteiger partial charge is 0.497 e. The van der Waals surface area contributed by atoms with E-state index >= 15 is 0 Å². The van der Waals surface area contributed by atoms with Crippen LogP contribution in [-0.2, 0) is 9.53 Å². The van der Waals surface area contributed by atoms with Gasteiger partial charge in [-0.05, 0) is 67.4 Å². The van der Waals surface area contributed by atoms with Gasteiger partial charge in [0, 0.05) is 0 Å². The van der Waals surface area contributed by atoms with E-state index in [4.69, 9.17) is 18.6 Å². The summed E-state index contributed by atoms with van der Waals surface area (Å²) >= 11 is 1.21. The molecule has 10 heteroatoms. The standard InChI is InChI=1S/C29H24N2O7S/c1-4-36-28(34)24-17(2)30-29-31(25(24)19-10-12-20(35-3)13-11-19)26(32)23(39-29)16-18-7-5-8-21(15-18)38-27(33)22-9-6-14-37-22/h5-16,25H,4H2,1-3H3/t25-/m1/s1. The number of allylic oxidation sites excluding steroid dienone is 1. The van der Waals surface area contributed by atoms with Crippen molar-refractivity contribution in [2.45, 2.75) is 19.9 Å². The van der Waals surface area contributed by atoms with Crippen molar-refractivity contribution < 1.29 is 28.2 Å². The molecule has 1 atom stereocenters. The molecular formula is C29H24N2O7S. The zero-order valence-corrected chi connectivity index (χ0v) is 22.2. The van der Waals surface area contributed by atoms with Crippen LogP contribution < -0.4 is 24.4 Å². The number of fused-ring (bicyclic) bond motifs is 1. The third kappa shape index (κ3) is 5.19. The lowest BCUT2D eigenvalue weighted by atomic mass is 9.96. The minimum atomic E-state index is -0.728. The zero-order valence-electron chi connectivity index (χ0n) is 21.4. The van der Waals surface area contributed by atoms with E-state index in [1.807, 2.05) is 12.1 Å². The molecule has 2 aromatic carbocycles. The number of aromatic nitrogens is 1. The number of carbonyl (C=O) groups is 2. The first-order valence-corrected chi connectivity index (χ1v) is 12.9. The highest BCUT2D eigenvalue weighted by Crippen LogP contribution is 2.31. The van der Waals surface area contributed by atoms with E-state index in [9.17, 15) is 14.4 Å². The quantitative estimate of drug-likeness (QED) is 0.258. The normalized spacial score (nSPS) is 14.9. The van der Waals surface area contributed by atoms with Crippen molar-refractivity contribution in [3.8, 4) is 11.5 Å². The number of hydrogen-bond donors (Lipinski definition) is 0. The zero-order chi connectivity index (χ0) is 27.5. The van der Waals surface area contributed by atoms with E-state index in [1.54, 1.807) is 69.5 Å². The second-order valence-corrected chi connectivity index (χ2v) is 9.52. The summed E-state index contributed by atoms with van der Waals surface area (Å²) < 4.78 is 23.0. The Kier molecular flexibility index (Phi) is 7.29. The summed E-state index contributed by atoms with van der Waals surface area (Å²) in [6.07, 6.45) is 3.09. The third-order valence-corrected chi connectivity index (χ3v) is 7.02. The monoisotopic (exact) mass is 544 g/mol. The molecule has 0 fully saturated rings. The number of furan rings is 1. The predicted molar refractivity (Wildman–Crippen MR) is 144 cm³/mol. The fraction of sp³-hybridized carbons (Fsp3) is 0.172. The number of hydrogen-bond acceptors (Lipinski definition) is 9. The molecule has 0 spiro atoms. The van der Waals surface area contributed by atoms with Gasteiger partial charge in [-0.3, -0.25) is 9.36 Å². The molecule has 0 aliphatic carbocycles. The van der Waals surface area contributed by atoms with Gasteiger partial charge in [-0.25, -0.2) is 14.6 Å². The molecule has 4 aromatic rings. The summed E-state index contributed by atoms with van der Waals surface area (Å²) in [4.78, 5) is 44.1. The number of nitrogens with zero attached hydrogens (tertiary/aromatic N) is 2. The molecule has 0 unspecified atom stereocenters. The van der Waals surface area contributed by atoms with Gasteiger partial charge < -0.3 is 18.6 Å². The smallest absolute Gasteiger partial charge is 0.379 e. The van der Waals surface area contributed by atoms with E-state index in [0.717, 1.165) is 0 Å². The van der Waals surface area contributed by atoms with Gasteiger partial charge in [-0.15, -0.1) is 0 Å². The van der Waals surface area contributed by atoms with Crippen molar-refractivity contribution in [3.63, 3.8) is 0 Å². The minimum Gasteiger partial charge on any atom is -0.497 e. The van der Waals surface area contributed by atoms with Crippen LogP contribution in [0.4, 0.5) is 0 Å². The van der Waals surface area contributed by atoms with Crippen LogP contribution in [0.1, 0.15) is 41.6 Å². The maximum atomic E-state index is 13.8. The highest BCUT2D eigenvalue weighted by atomic mass is 32.1. The number of rotatable bonds is 7. The van der Waals surface area contributed by atoms with Crippen molar-refractivity contribution in [1.82, 2.24) is 4.57 Å². The topological polar surface area (TPSA) is 109 Å². The molecule has 3 heterocycles. The molecule has 0 saturated carbocycles. The van der Waals surface area contributed by atoms with Crippen LogP contribution in [0.2, 0.25) is 0 Å². The Morgan fingerprint density at radius 2 is 1.87 bits per heavy atom. The third-order valence-electron chi connectivity index (χ3n) is 6.04. The molecule has 2 aromatic heterocycles.